The number of hydrogen-bond acceptors (Lipinski definition) is 4. The molecule has 180 valence electrons. The lowest BCUT2D eigenvalue weighted by Gasteiger charge is -2.31. The maximum absolute atomic E-state index is 13.4. The van der Waals surface area contributed by atoms with Gasteiger partial charge in [-0.25, -0.2) is 8.42 Å². The first kappa shape index (κ1) is 27.4. The fourth-order valence-electron chi connectivity index (χ4n) is 3.03. The maximum atomic E-state index is 13.4. The summed E-state index contributed by atoms with van der Waals surface area (Å²) in [5.41, 5.74) is 0.917. The molecule has 0 saturated heterocycles. The summed E-state index contributed by atoms with van der Waals surface area (Å²) in [6.07, 6.45) is 1.76. The third-order valence-electron chi connectivity index (χ3n) is 4.87. The van der Waals surface area contributed by atoms with Crippen molar-refractivity contribution in [1.82, 2.24) is 10.2 Å². The Morgan fingerprint density at radius 2 is 1.76 bits per heavy atom. The van der Waals surface area contributed by atoms with Gasteiger partial charge in [0.2, 0.25) is 21.8 Å². The van der Waals surface area contributed by atoms with Crippen molar-refractivity contribution in [3.05, 3.63) is 62.5 Å². The number of hydrogen-bond donors (Lipinski definition) is 1. The third-order valence-corrected chi connectivity index (χ3v) is 7.12. The minimum atomic E-state index is -3.78. The van der Waals surface area contributed by atoms with Crippen molar-refractivity contribution in [2.45, 2.75) is 32.9 Å². The van der Waals surface area contributed by atoms with Crippen LogP contribution in [-0.4, -0.2) is 50.5 Å². The van der Waals surface area contributed by atoms with Gasteiger partial charge in [-0.15, -0.1) is 0 Å². The van der Waals surface area contributed by atoms with E-state index in [2.05, 4.69) is 21.2 Å². The molecular formula is C22H26BrCl2N3O4S. The maximum Gasteiger partial charge on any atom is 0.244 e. The van der Waals surface area contributed by atoms with Crippen molar-refractivity contribution in [1.29, 1.82) is 0 Å². The first-order valence-electron chi connectivity index (χ1n) is 10.2. The number of anilines is 1. The van der Waals surface area contributed by atoms with Gasteiger partial charge in [-0.3, -0.25) is 13.9 Å². The molecule has 0 heterocycles. The Bertz CT molecular complexity index is 1100. The van der Waals surface area contributed by atoms with Crippen molar-refractivity contribution in [2.75, 3.05) is 23.7 Å². The quantitative estimate of drug-likeness (QED) is 0.451. The summed E-state index contributed by atoms with van der Waals surface area (Å²) in [5, 5.41) is 3.56. The lowest BCUT2D eigenvalue weighted by molar-refractivity contribution is -0.139. The van der Waals surface area contributed by atoms with Crippen LogP contribution in [0.1, 0.15) is 25.8 Å². The van der Waals surface area contributed by atoms with Crippen LogP contribution in [0.2, 0.25) is 10.0 Å². The van der Waals surface area contributed by atoms with Gasteiger partial charge in [0.05, 0.1) is 11.9 Å². The summed E-state index contributed by atoms with van der Waals surface area (Å²) in [6, 6.07) is 10.6. The van der Waals surface area contributed by atoms with Crippen LogP contribution in [0.4, 0.5) is 5.69 Å². The minimum absolute atomic E-state index is 0.00743. The van der Waals surface area contributed by atoms with E-state index < -0.39 is 28.5 Å². The number of carbonyl (C=O) groups excluding carboxylic acids is 2. The molecule has 0 aromatic heterocycles. The molecule has 0 aliphatic rings. The molecule has 2 rings (SSSR count). The SMILES string of the molecule is CCCNC(=O)[C@@H](C)N(Cc1ccc(Cl)cc1Cl)C(=O)CN(c1ccc(Br)cc1)S(C)(=O)=O. The normalized spacial score (nSPS) is 12.2. The largest absolute Gasteiger partial charge is 0.354 e. The van der Waals surface area contributed by atoms with Gasteiger partial charge in [-0.05, 0) is 55.3 Å². The van der Waals surface area contributed by atoms with Gasteiger partial charge in [0, 0.05) is 27.6 Å². The second-order valence-electron chi connectivity index (χ2n) is 7.47. The second kappa shape index (κ2) is 12.1. The monoisotopic (exact) mass is 577 g/mol. The van der Waals surface area contributed by atoms with Crippen LogP contribution in [0.25, 0.3) is 0 Å². The Kier molecular flexibility index (Phi) is 10.0. The molecule has 0 bridgehead atoms. The van der Waals surface area contributed by atoms with Crippen LogP contribution in [0, 0.1) is 0 Å². The summed E-state index contributed by atoms with van der Waals surface area (Å²) < 4.78 is 26.8. The highest BCUT2D eigenvalue weighted by Gasteiger charge is 2.30. The Hall–Kier alpha value is -1.81. The first-order valence-corrected chi connectivity index (χ1v) is 13.6. The summed E-state index contributed by atoms with van der Waals surface area (Å²) >= 11 is 15.6. The zero-order valence-corrected chi connectivity index (χ0v) is 22.4. The lowest BCUT2D eigenvalue weighted by atomic mass is 10.1. The number of rotatable bonds is 10. The van der Waals surface area contributed by atoms with Crippen molar-refractivity contribution in [3.8, 4) is 0 Å². The molecule has 33 heavy (non-hydrogen) atoms. The van der Waals surface area contributed by atoms with E-state index in [0.29, 0.717) is 27.8 Å². The van der Waals surface area contributed by atoms with Crippen LogP contribution in [0.3, 0.4) is 0 Å². The van der Waals surface area contributed by atoms with Crippen LogP contribution < -0.4 is 9.62 Å². The number of sulfonamides is 1. The summed E-state index contributed by atoms with van der Waals surface area (Å²) in [5.74, 6) is -0.890. The molecule has 0 spiro atoms. The lowest BCUT2D eigenvalue weighted by Crippen LogP contribution is -2.51. The number of nitrogens with zero attached hydrogens (tertiary/aromatic N) is 2. The minimum Gasteiger partial charge on any atom is -0.354 e. The van der Waals surface area contributed by atoms with E-state index in [0.717, 1.165) is 21.5 Å². The molecule has 0 aliphatic heterocycles. The third kappa shape index (κ3) is 7.88. The Morgan fingerprint density at radius 3 is 2.30 bits per heavy atom. The first-order chi connectivity index (χ1) is 15.4. The van der Waals surface area contributed by atoms with E-state index in [-0.39, 0.29) is 12.5 Å². The average molecular weight is 579 g/mol. The van der Waals surface area contributed by atoms with E-state index in [1.54, 1.807) is 49.4 Å². The standard InChI is InChI=1S/C22H26BrCl2N3O4S/c1-4-11-26-22(30)15(2)27(13-16-5-8-18(24)12-20(16)25)21(29)14-28(33(3,31)32)19-9-6-17(23)7-10-19/h5-10,12,15H,4,11,13-14H2,1-3H3,(H,26,30)/t15-/m1/s1. The van der Waals surface area contributed by atoms with Crippen LogP contribution in [0.5, 0.6) is 0 Å². The molecule has 0 radical (unpaired) electrons. The van der Waals surface area contributed by atoms with Gasteiger partial charge in [0.25, 0.3) is 0 Å². The van der Waals surface area contributed by atoms with Crippen molar-refractivity contribution >= 4 is 66.7 Å². The summed E-state index contributed by atoms with van der Waals surface area (Å²) in [7, 11) is -3.78. The van der Waals surface area contributed by atoms with Crippen LogP contribution in [-0.2, 0) is 26.2 Å². The molecule has 0 aliphatic carbocycles. The van der Waals surface area contributed by atoms with Crippen LogP contribution >= 0.6 is 39.1 Å². The van der Waals surface area contributed by atoms with Gasteiger partial charge in [0.1, 0.15) is 12.6 Å². The van der Waals surface area contributed by atoms with Gasteiger partial charge in [0.15, 0.2) is 0 Å². The summed E-state index contributed by atoms with van der Waals surface area (Å²) in [4.78, 5) is 27.4. The van der Waals surface area contributed by atoms with Crippen molar-refractivity contribution in [2.24, 2.45) is 0 Å². The molecule has 1 atom stereocenters. The molecule has 0 unspecified atom stereocenters. The Morgan fingerprint density at radius 1 is 1.12 bits per heavy atom. The molecule has 2 amide bonds. The zero-order valence-electron chi connectivity index (χ0n) is 18.5. The average Bonchev–Trinajstić information content (AvgIpc) is 2.74. The van der Waals surface area contributed by atoms with Gasteiger partial charge in [-0.2, -0.15) is 0 Å². The van der Waals surface area contributed by atoms with Gasteiger partial charge < -0.3 is 10.2 Å². The Balaban J connectivity index is 2.39. The van der Waals surface area contributed by atoms with E-state index in [9.17, 15) is 18.0 Å². The van der Waals surface area contributed by atoms with Crippen molar-refractivity contribution < 1.29 is 18.0 Å². The molecule has 2 aromatic carbocycles. The molecule has 11 heteroatoms. The number of amides is 2. The van der Waals surface area contributed by atoms with E-state index >= 15 is 0 Å². The van der Waals surface area contributed by atoms with E-state index in [1.165, 1.54) is 4.90 Å². The Labute approximate surface area is 213 Å². The second-order valence-corrected chi connectivity index (χ2v) is 11.1. The topological polar surface area (TPSA) is 86.8 Å². The van der Waals surface area contributed by atoms with Gasteiger partial charge in [-0.1, -0.05) is 52.1 Å². The molecule has 1 N–H and O–H groups in total. The number of benzene rings is 2. The highest BCUT2D eigenvalue weighted by molar-refractivity contribution is 9.10. The van der Waals surface area contributed by atoms with Crippen LogP contribution in [0.15, 0.2) is 46.9 Å². The zero-order chi connectivity index (χ0) is 24.8. The fraction of sp³-hybridized carbons (Fsp3) is 0.364. The highest BCUT2D eigenvalue weighted by Crippen LogP contribution is 2.25. The predicted octanol–water partition coefficient (Wildman–Crippen LogP) is 4.47. The number of halogens is 3. The molecule has 7 nitrogen and oxygen atoms in total. The smallest absolute Gasteiger partial charge is 0.244 e. The molecular weight excluding hydrogens is 553 g/mol. The number of carbonyl (C=O) groups is 2. The van der Waals surface area contributed by atoms with E-state index in [1.807, 2.05) is 6.92 Å². The van der Waals surface area contributed by atoms with Crippen molar-refractivity contribution in [3.63, 3.8) is 0 Å². The highest BCUT2D eigenvalue weighted by atomic mass is 79.9. The number of nitrogens with one attached hydrogen (secondary N) is 1. The molecule has 2 aromatic rings. The van der Waals surface area contributed by atoms with E-state index in [4.69, 9.17) is 23.2 Å². The fourth-order valence-corrected chi connectivity index (χ4v) is 4.62. The predicted molar refractivity (Wildman–Crippen MR) is 136 cm³/mol. The summed E-state index contributed by atoms with van der Waals surface area (Å²) in [6.45, 7) is 3.51. The molecule has 0 saturated carbocycles. The van der Waals surface area contributed by atoms with Gasteiger partial charge >= 0.3 is 0 Å². The molecule has 0 fully saturated rings.